The van der Waals surface area contributed by atoms with Crippen molar-refractivity contribution in [2.45, 2.75) is 25.7 Å². The molecule has 0 bridgehead atoms. The molecule has 68 valence electrons. The Hall–Kier alpha value is -0.370. The summed E-state index contributed by atoms with van der Waals surface area (Å²) in [6.07, 6.45) is 4.52. The zero-order valence-electron chi connectivity index (χ0n) is 7.75. The molecule has 2 heteroatoms. The van der Waals surface area contributed by atoms with E-state index in [1.807, 2.05) is 0 Å². The number of piperidine rings is 1. The molecule has 2 rings (SSSR count). The van der Waals surface area contributed by atoms with Crippen molar-refractivity contribution in [1.29, 1.82) is 0 Å². The number of carbonyl (C=O) groups is 1. The van der Waals surface area contributed by atoms with E-state index in [1.54, 1.807) is 0 Å². The Bertz CT molecular complexity index is 190. The van der Waals surface area contributed by atoms with Gasteiger partial charge in [-0.2, -0.15) is 0 Å². The summed E-state index contributed by atoms with van der Waals surface area (Å²) in [7, 11) is 2.12. The van der Waals surface area contributed by atoms with Crippen LogP contribution < -0.4 is 0 Å². The molecule has 1 saturated heterocycles. The summed E-state index contributed by atoms with van der Waals surface area (Å²) >= 11 is 0. The Morgan fingerprint density at radius 3 is 3.08 bits per heavy atom. The summed E-state index contributed by atoms with van der Waals surface area (Å²) in [6.45, 7) is 2.21. The van der Waals surface area contributed by atoms with Gasteiger partial charge < -0.3 is 4.90 Å². The first-order valence-corrected chi connectivity index (χ1v) is 4.98. The second kappa shape index (κ2) is 3.17. The van der Waals surface area contributed by atoms with Crippen LogP contribution in [0.4, 0.5) is 0 Å². The van der Waals surface area contributed by atoms with E-state index < -0.39 is 0 Å². The van der Waals surface area contributed by atoms with Crippen LogP contribution in [-0.4, -0.2) is 30.8 Å². The molecule has 2 aliphatic rings. The molecule has 0 N–H and O–H groups in total. The Morgan fingerprint density at radius 1 is 1.42 bits per heavy atom. The van der Waals surface area contributed by atoms with E-state index in [0.717, 1.165) is 25.3 Å². The van der Waals surface area contributed by atoms with Crippen LogP contribution in [0.3, 0.4) is 0 Å². The minimum absolute atomic E-state index is 0.387. The molecule has 2 nitrogen and oxygen atoms in total. The summed E-state index contributed by atoms with van der Waals surface area (Å²) in [6, 6.07) is 0. The molecule has 12 heavy (non-hydrogen) atoms. The van der Waals surface area contributed by atoms with Gasteiger partial charge in [-0.1, -0.05) is 0 Å². The maximum atomic E-state index is 11.5. The third-order valence-corrected chi connectivity index (χ3v) is 3.37. The van der Waals surface area contributed by atoms with Gasteiger partial charge in [-0.05, 0) is 38.8 Å². The van der Waals surface area contributed by atoms with Crippen LogP contribution in [0, 0.1) is 11.8 Å². The van der Waals surface area contributed by atoms with Crippen molar-refractivity contribution in [3.05, 3.63) is 0 Å². The summed E-state index contributed by atoms with van der Waals surface area (Å²) in [5.74, 6) is 1.64. The second-order valence-corrected chi connectivity index (χ2v) is 4.28. The Balaban J connectivity index is 2.05. The number of likely N-dealkylation sites (tertiary alicyclic amines) is 1. The molecule has 0 aromatic rings. The molecule has 2 atom stereocenters. The van der Waals surface area contributed by atoms with Crippen LogP contribution in [0.2, 0.25) is 0 Å². The van der Waals surface area contributed by atoms with E-state index in [1.165, 1.54) is 19.4 Å². The Kier molecular flexibility index (Phi) is 2.18. The van der Waals surface area contributed by atoms with Gasteiger partial charge in [-0.25, -0.2) is 0 Å². The van der Waals surface area contributed by atoms with Gasteiger partial charge >= 0.3 is 0 Å². The number of Topliss-reactive ketones (excluding diaryl/α,β-unsaturated/α-hetero) is 1. The molecular formula is C10H17NO. The lowest BCUT2D eigenvalue weighted by Gasteiger charge is -2.38. The molecule has 1 saturated carbocycles. The van der Waals surface area contributed by atoms with Crippen molar-refractivity contribution in [3.8, 4) is 0 Å². The summed E-state index contributed by atoms with van der Waals surface area (Å²) in [5, 5.41) is 0. The van der Waals surface area contributed by atoms with E-state index in [4.69, 9.17) is 0 Å². The van der Waals surface area contributed by atoms with E-state index >= 15 is 0 Å². The number of carbonyl (C=O) groups excluding carboxylic acids is 1. The fourth-order valence-corrected chi connectivity index (χ4v) is 2.60. The van der Waals surface area contributed by atoms with Gasteiger partial charge in [0.05, 0.1) is 0 Å². The smallest absolute Gasteiger partial charge is 0.137 e. The number of ketones is 1. The average Bonchev–Trinajstić information content (AvgIpc) is 2.07. The van der Waals surface area contributed by atoms with Gasteiger partial charge in [-0.3, -0.25) is 4.79 Å². The van der Waals surface area contributed by atoms with E-state index in [-0.39, 0.29) is 0 Å². The lowest BCUT2D eigenvalue weighted by Crippen LogP contribution is -2.43. The van der Waals surface area contributed by atoms with Crippen molar-refractivity contribution in [2.24, 2.45) is 11.8 Å². The minimum Gasteiger partial charge on any atom is -0.306 e. The molecule has 0 aromatic heterocycles. The lowest BCUT2D eigenvalue weighted by atomic mass is 9.74. The zero-order valence-corrected chi connectivity index (χ0v) is 7.75. The third-order valence-electron chi connectivity index (χ3n) is 3.37. The Morgan fingerprint density at radius 2 is 2.25 bits per heavy atom. The number of hydrogen-bond acceptors (Lipinski definition) is 2. The molecule has 0 spiro atoms. The van der Waals surface area contributed by atoms with E-state index in [0.29, 0.717) is 11.7 Å². The first-order valence-electron chi connectivity index (χ1n) is 4.98. The normalized spacial score (nSPS) is 37.9. The summed E-state index contributed by atoms with van der Waals surface area (Å²) < 4.78 is 0. The largest absolute Gasteiger partial charge is 0.306 e. The lowest BCUT2D eigenvalue weighted by molar-refractivity contribution is -0.128. The molecule has 2 fully saturated rings. The maximum Gasteiger partial charge on any atom is 0.137 e. The van der Waals surface area contributed by atoms with Crippen LogP contribution in [0.1, 0.15) is 25.7 Å². The standard InChI is InChI=1S/C10H17NO/c1-11-6-5-8-3-2-4-10(12)9(8)7-11/h8-9H,2-7H2,1H3/t8-,9-/m1/s1. The van der Waals surface area contributed by atoms with Crippen LogP contribution in [-0.2, 0) is 4.79 Å². The first-order chi connectivity index (χ1) is 5.77. The molecule has 0 aromatic carbocycles. The van der Waals surface area contributed by atoms with Gasteiger partial charge in [0.2, 0.25) is 0 Å². The highest BCUT2D eigenvalue weighted by molar-refractivity contribution is 5.82. The van der Waals surface area contributed by atoms with Gasteiger partial charge in [0.1, 0.15) is 5.78 Å². The molecule has 0 amide bonds. The predicted molar refractivity (Wildman–Crippen MR) is 48.0 cm³/mol. The number of rotatable bonds is 0. The van der Waals surface area contributed by atoms with Crippen LogP contribution in [0.15, 0.2) is 0 Å². The predicted octanol–water partition coefficient (Wildman–Crippen LogP) is 1.31. The quantitative estimate of drug-likeness (QED) is 0.542. The zero-order chi connectivity index (χ0) is 8.55. The molecule has 1 heterocycles. The van der Waals surface area contributed by atoms with Crippen molar-refractivity contribution >= 4 is 5.78 Å². The molecule has 1 aliphatic carbocycles. The fourth-order valence-electron chi connectivity index (χ4n) is 2.60. The monoisotopic (exact) mass is 167 g/mol. The van der Waals surface area contributed by atoms with E-state index in [2.05, 4.69) is 11.9 Å². The second-order valence-electron chi connectivity index (χ2n) is 4.28. The number of hydrogen-bond donors (Lipinski definition) is 0. The molecular weight excluding hydrogens is 150 g/mol. The van der Waals surface area contributed by atoms with Gasteiger partial charge in [-0.15, -0.1) is 0 Å². The number of fused-ring (bicyclic) bond motifs is 1. The van der Waals surface area contributed by atoms with Crippen molar-refractivity contribution < 1.29 is 4.79 Å². The Labute approximate surface area is 73.9 Å². The number of nitrogens with zero attached hydrogens (tertiary/aromatic N) is 1. The van der Waals surface area contributed by atoms with Crippen molar-refractivity contribution in [2.75, 3.05) is 20.1 Å². The average molecular weight is 167 g/mol. The summed E-state index contributed by atoms with van der Waals surface area (Å²) in [5.41, 5.74) is 0. The highest BCUT2D eigenvalue weighted by Gasteiger charge is 2.34. The molecule has 0 unspecified atom stereocenters. The van der Waals surface area contributed by atoms with Crippen LogP contribution in [0.25, 0.3) is 0 Å². The van der Waals surface area contributed by atoms with Crippen molar-refractivity contribution in [1.82, 2.24) is 4.90 Å². The maximum absolute atomic E-state index is 11.5. The SMILES string of the molecule is CN1CC[C@H]2CCCC(=O)[C@@H]2C1. The topological polar surface area (TPSA) is 20.3 Å². The molecule has 0 radical (unpaired) electrons. The van der Waals surface area contributed by atoms with Gasteiger partial charge in [0.15, 0.2) is 0 Å². The molecule has 1 aliphatic heterocycles. The van der Waals surface area contributed by atoms with E-state index in [9.17, 15) is 4.79 Å². The van der Waals surface area contributed by atoms with Crippen LogP contribution in [0.5, 0.6) is 0 Å². The first kappa shape index (κ1) is 8.24. The van der Waals surface area contributed by atoms with Crippen molar-refractivity contribution in [3.63, 3.8) is 0 Å². The highest BCUT2D eigenvalue weighted by atomic mass is 16.1. The summed E-state index contributed by atoms with van der Waals surface area (Å²) in [4.78, 5) is 13.8. The minimum atomic E-state index is 0.387. The van der Waals surface area contributed by atoms with Gasteiger partial charge in [0.25, 0.3) is 0 Å². The fraction of sp³-hybridized carbons (Fsp3) is 0.900. The highest BCUT2D eigenvalue weighted by Crippen LogP contribution is 2.33. The van der Waals surface area contributed by atoms with Crippen LogP contribution >= 0.6 is 0 Å². The third kappa shape index (κ3) is 1.40. The van der Waals surface area contributed by atoms with Gasteiger partial charge in [0, 0.05) is 18.9 Å².